The van der Waals surface area contributed by atoms with Crippen LogP contribution in [0.2, 0.25) is 0 Å². The van der Waals surface area contributed by atoms with E-state index in [4.69, 9.17) is 11.6 Å². The van der Waals surface area contributed by atoms with Crippen LogP contribution in [-0.2, 0) is 6.42 Å². The lowest BCUT2D eigenvalue weighted by Crippen LogP contribution is -1.81. The lowest BCUT2D eigenvalue weighted by molar-refractivity contribution is 1.16. The highest BCUT2D eigenvalue weighted by Crippen LogP contribution is 1.98. The van der Waals surface area contributed by atoms with E-state index in [-0.39, 0.29) is 0 Å². The van der Waals surface area contributed by atoms with Crippen LogP contribution in [0.4, 0.5) is 0 Å². The molecule has 2 heteroatoms. The molecule has 1 rings (SSSR count). The van der Waals surface area contributed by atoms with Crippen LogP contribution in [-0.4, -0.2) is 10.9 Å². The summed E-state index contributed by atoms with van der Waals surface area (Å²) in [6.45, 7) is 0. The van der Waals surface area contributed by atoms with Crippen molar-refractivity contribution in [2.45, 2.75) is 12.8 Å². The molecule has 1 nitrogen and oxygen atoms in total. The number of alkyl halides is 1. The summed E-state index contributed by atoms with van der Waals surface area (Å²) in [6, 6.07) is 4.02. The Morgan fingerprint density at radius 2 is 2.33 bits per heavy atom. The second kappa shape index (κ2) is 5.78. The predicted molar refractivity (Wildman–Crippen MR) is 52.4 cm³/mol. The van der Waals surface area contributed by atoms with Crippen LogP contribution >= 0.6 is 11.6 Å². The third kappa shape index (κ3) is 3.54. The molecule has 0 aliphatic heterocycles. The highest BCUT2D eigenvalue weighted by atomic mass is 35.5. The minimum atomic E-state index is 0.698. The molecule has 0 bridgehead atoms. The predicted octanol–water partition coefficient (Wildman–Crippen LogP) is 2.81. The van der Waals surface area contributed by atoms with Gasteiger partial charge in [-0.3, -0.25) is 4.98 Å². The van der Waals surface area contributed by atoms with Gasteiger partial charge in [-0.15, -0.1) is 11.6 Å². The fourth-order valence-electron chi connectivity index (χ4n) is 0.919. The summed E-state index contributed by atoms with van der Waals surface area (Å²) in [5.41, 5.74) is 1.24. The molecule has 0 spiro atoms. The summed E-state index contributed by atoms with van der Waals surface area (Å²) in [5, 5.41) is 0. The lowest BCUT2D eigenvalue weighted by Gasteiger charge is -1.92. The van der Waals surface area contributed by atoms with Crippen LogP contribution in [0.5, 0.6) is 0 Å². The molecule has 0 N–H and O–H groups in total. The first-order valence-corrected chi connectivity index (χ1v) is 4.57. The largest absolute Gasteiger partial charge is 0.264 e. The van der Waals surface area contributed by atoms with Gasteiger partial charge in [-0.1, -0.05) is 18.2 Å². The fourth-order valence-corrected chi connectivity index (χ4v) is 1.05. The van der Waals surface area contributed by atoms with Gasteiger partial charge in [0.25, 0.3) is 0 Å². The van der Waals surface area contributed by atoms with Crippen molar-refractivity contribution in [2.24, 2.45) is 0 Å². The number of hydrogen-bond acceptors (Lipinski definition) is 1. The Hall–Kier alpha value is -0.820. The zero-order valence-corrected chi connectivity index (χ0v) is 7.67. The maximum absolute atomic E-state index is 5.52. The van der Waals surface area contributed by atoms with E-state index in [1.54, 1.807) is 6.20 Å². The molecular weight excluding hydrogens is 170 g/mol. The van der Waals surface area contributed by atoms with Gasteiger partial charge >= 0.3 is 0 Å². The second-order valence-electron chi connectivity index (χ2n) is 2.51. The number of rotatable bonds is 4. The minimum Gasteiger partial charge on any atom is -0.264 e. The maximum atomic E-state index is 5.52. The average molecular weight is 182 g/mol. The SMILES string of the molecule is ClCC/C=C/Cc1cccnc1. The van der Waals surface area contributed by atoms with Crippen molar-refractivity contribution in [1.82, 2.24) is 4.98 Å². The standard InChI is InChI=1S/C10H12ClN/c11-7-3-1-2-5-10-6-4-8-12-9-10/h1-2,4,6,8-9H,3,5,7H2/b2-1+. The Kier molecular flexibility index (Phi) is 4.47. The number of halogens is 1. The van der Waals surface area contributed by atoms with Crippen molar-refractivity contribution in [3.63, 3.8) is 0 Å². The van der Waals surface area contributed by atoms with Crippen LogP contribution in [0.25, 0.3) is 0 Å². The molecule has 1 aromatic heterocycles. The first kappa shape index (κ1) is 9.27. The normalized spacial score (nSPS) is 10.8. The molecule has 0 aromatic carbocycles. The van der Waals surface area contributed by atoms with Crippen LogP contribution in [0.3, 0.4) is 0 Å². The number of pyridine rings is 1. The molecule has 0 saturated carbocycles. The molecule has 0 atom stereocenters. The summed E-state index contributed by atoms with van der Waals surface area (Å²) in [7, 11) is 0. The van der Waals surface area contributed by atoms with Crippen molar-refractivity contribution >= 4 is 11.6 Å². The van der Waals surface area contributed by atoms with Gasteiger partial charge in [0.15, 0.2) is 0 Å². The van der Waals surface area contributed by atoms with E-state index in [1.165, 1.54) is 5.56 Å². The van der Waals surface area contributed by atoms with E-state index in [2.05, 4.69) is 23.2 Å². The molecule has 0 fully saturated rings. The van der Waals surface area contributed by atoms with Gasteiger partial charge < -0.3 is 0 Å². The molecule has 0 unspecified atom stereocenters. The number of aromatic nitrogens is 1. The highest BCUT2D eigenvalue weighted by Gasteiger charge is 1.85. The minimum absolute atomic E-state index is 0.698. The maximum Gasteiger partial charge on any atom is 0.0303 e. The quantitative estimate of drug-likeness (QED) is 0.514. The van der Waals surface area contributed by atoms with Crippen LogP contribution in [0, 0.1) is 0 Å². The Balaban J connectivity index is 2.33. The number of allylic oxidation sites excluding steroid dienone is 2. The van der Waals surface area contributed by atoms with E-state index in [0.717, 1.165) is 12.8 Å². The summed E-state index contributed by atoms with van der Waals surface area (Å²) >= 11 is 5.52. The van der Waals surface area contributed by atoms with E-state index in [0.29, 0.717) is 5.88 Å². The Bertz CT molecular complexity index is 231. The summed E-state index contributed by atoms with van der Waals surface area (Å²) in [6.07, 6.45) is 9.78. The highest BCUT2D eigenvalue weighted by molar-refractivity contribution is 6.17. The van der Waals surface area contributed by atoms with Crippen LogP contribution < -0.4 is 0 Å². The van der Waals surface area contributed by atoms with Crippen molar-refractivity contribution in [3.05, 3.63) is 42.2 Å². The van der Waals surface area contributed by atoms with Crippen LogP contribution in [0.15, 0.2) is 36.7 Å². The van der Waals surface area contributed by atoms with Crippen molar-refractivity contribution in [1.29, 1.82) is 0 Å². The van der Waals surface area contributed by atoms with Crippen molar-refractivity contribution in [3.8, 4) is 0 Å². The molecule has 64 valence electrons. The molecule has 1 aromatic rings. The van der Waals surface area contributed by atoms with E-state index < -0.39 is 0 Å². The Morgan fingerprint density at radius 3 is 3.00 bits per heavy atom. The van der Waals surface area contributed by atoms with Gasteiger partial charge in [-0.05, 0) is 24.5 Å². The van der Waals surface area contributed by atoms with E-state index in [1.807, 2.05) is 12.3 Å². The van der Waals surface area contributed by atoms with Gasteiger partial charge in [0.1, 0.15) is 0 Å². The van der Waals surface area contributed by atoms with Gasteiger partial charge in [0, 0.05) is 18.3 Å². The topological polar surface area (TPSA) is 12.9 Å². The lowest BCUT2D eigenvalue weighted by atomic mass is 10.2. The molecule has 0 amide bonds. The zero-order chi connectivity index (χ0) is 8.65. The van der Waals surface area contributed by atoms with Gasteiger partial charge in [-0.25, -0.2) is 0 Å². The van der Waals surface area contributed by atoms with Gasteiger partial charge in [0.05, 0.1) is 0 Å². The number of hydrogen-bond donors (Lipinski definition) is 0. The summed E-state index contributed by atoms with van der Waals surface area (Å²) in [5.74, 6) is 0.698. The van der Waals surface area contributed by atoms with Gasteiger partial charge in [-0.2, -0.15) is 0 Å². The monoisotopic (exact) mass is 181 g/mol. The first-order valence-electron chi connectivity index (χ1n) is 4.03. The zero-order valence-electron chi connectivity index (χ0n) is 6.91. The molecule has 0 aliphatic rings. The Labute approximate surface area is 78.1 Å². The van der Waals surface area contributed by atoms with E-state index in [9.17, 15) is 0 Å². The van der Waals surface area contributed by atoms with Crippen LogP contribution in [0.1, 0.15) is 12.0 Å². The fraction of sp³-hybridized carbons (Fsp3) is 0.300. The molecule has 0 radical (unpaired) electrons. The molecular formula is C10H12ClN. The first-order chi connectivity index (χ1) is 5.93. The van der Waals surface area contributed by atoms with E-state index >= 15 is 0 Å². The molecule has 0 aliphatic carbocycles. The smallest absolute Gasteiger partial charge is 0.0303 e. The Morgan fingerprint density at radius 1 is 1.42 bits per heavy atom. The van der Waals surface area contributed by atoms with Gasteiger partial charge in [0.2, 0.25) is 0 Å². The third-order valence-electron chi connectivity index (χ3n) is 1.52. The molecule has 12 heavy (non-hydrogen) atoms. The number of nitrogens with zero attached hydrogens (tertiary/aromatic N) is 1. The van der Waals surface area contributed by atoms with Crippen molar-refractivity contribution in [2.75, 3.05) is 5.88 Å². The molecule has 0 saturated heterocycles. The summed E-state index contributed by atoms with van der Waals surface area (Å²) in [4.78, 5) is 4.02. The second-order valence-corrected chi connectivity index (χ2v) is 2.89. The molecule has 1 heterocycles. The average Bonchev–Trinajstić information content (AvgIpc) is 2.14. The summed E-state index contributed by atoms with van der Waals surface area (Å²) < 4.78 is 0. The third-order valence-corrected chi connectivity index (χ3v) is 1.74. The van der Waals surface area contributed by atoms with Crippen molar-refractivity contribution < 1.29 is 0 Å².